The fraction of sp³-hybridized carbons (Fsp3) is 0.571. The average molecular weight is 491 g/mol. The maximum atomic E-state index is 13.1. The summed E-state index contributed by atoms with van der Waals surface area (Å²) >= 11 is 0. The van der Waals surface area contributed by atoms with Gasteiger partial charge in [0.05, 0.1) is 0 Å². The van der Waals surface area contributed by atoms with E-state index in [0.29, 0.717) is 32.4 Å². The third-order valence-electron chi connectivity index (χ3n) is 5.33. The SMILES string of the molecule is Cl.Cl.NC(=O)[C@@H](CCCN=C(N)N)N(Cc1ccc(O)cc1)C(=O)CCN1CCCCC1. The van der Waals surface area contributed by atoms with Gasteiger partial charge in [0.15, 0.2) is 5.96 Å². The van der Waals surface area contributed by atoms with Crippen LogP contribution in [0.1, 0.15) is 44.1 Å². The number of piperidine rings is 1. The zero-order valence-corrected chi connectivity index (χ0v) is 20.0. The van der Waals surface area contributed by atoms with Crippen LogP contribution in [0.25, 0.3) is 0 Å². The summed E-state index contributed by atoms with van der Waals surface area (Å²) in [7, 11) is 0. The highest BCUT2D eigenvalue weighted by atomic mass is 35.5. The second-order valence-electron chi connectivity index (χ2n) is 7.71. The van der Waals surface area contributed by atoms with Crippen molar-refractivity contribution in [3.63, 3.8) is 0 Å². The lowest BCUT2D eigenvalue weighted by Crippen LogP contribution is -2.48. The molecule has 2 amide bonds. The zero-order valence-electron chi connectivity index (χ0n) is 18.3. The van der Waals surface area contributed by atoms with E-state index in [4.69, 9.17) is 17.2 Å². The molecule has 0 radical (unpaired) electrons. The van der Waals surface area contributed by atoms with Crippen LogP contribution >= 0.6 is 24.8 Å². The van der Waals surface area contributed by atoms with Crippen molar-refractivity contribution in [2.75, 3.05) is 26.2 Å². The molecule has 7 N–H and O–H groups in total. The quantitative estimate of drug-likeness (QED) is 0.208. The van der Waals surface area contributed by atoms with Gasteiger partial charge >= 0.3 is 0 Å². The molecule has 2 rings (SSSR count). The first-order valence-electron chi connectivity index (χ1n) is 10.5. The number of hydrogen-bond donors (Lipinski definition) is 4. The number of aromatic hydroxyl groups is 1. The van der Waals surface area contributed by atoms with Gasteiger partial charge in [0.25, 0.3) is 0 Å². The van der Waals surface area contributed by atoms with Crippen LogP contribution in [0, 0.1) is 0 Å². The molecule has 1 aromatic carbocycles. The Morgan fingerprint density at radius 2 is 1.69 bits per heavy atom. The van der Waals surface area contributed by atoms with Gasteiger partial charge in [-0.1, -0.05) is 18.6 Å². The van der Waals surface area contributed by atoms with Crippen molar-refractivity contribution in [1.29, 1.82) is 0 Å². The summed E-state index contributed by atoms with van der Waals surface area (Å²) in [6.45, 7) is 3.28. The molecule has 11 heteroatoms. The van der Waals surface area contributed by atoms with E-state index in [1.54, 1.807) is 29.2 Å². The number of guanidine groups is 1. The summed E-state index contributed by atoms with van der Waals surface area (Å²) in [5, 5.41) is 9.52. The zero-order chi connectivity index (χ0) is 21.9. The van der Waals surface area contributed by atoms with E-state index >= 15 is 0 Å². The number of phenols is 1. The third kappa shape index (κ3) is 10.4. The highest BCUT2D eigenvalue weighted by molar-refractivity contribution is 5.86. The van der Waals surface area contributed by atoms with E-state index in [0.717, 1.165) is 31.5 Å². The minimum Gasteiger partial charge on any atom is -0.508 e. The van der Waals surface area contributed by atoms with E-state index in [2.05, 4.69) is 9.89 Å². The minimum absolute atomic E-state index is 0. The van der Waals surface area contributed by atoms with Crippen molar-refractivity contribution in [3.8, 4) is 5.75 Å². The fourth-order valence-corrected chi connectivity index (χ4v) is 3.70. The average Bonchev–Trinajstić information content (AvgIpc) is 2.72. The Labute approximate surface area is 202 Å². The lowest BCUT2D eigenvalue weighted by atomic mass is 10.1. The molecular formula is C21H36Cl2N6O3. The van der Waals surface area contributed by atoms with Gasteiger partial charge in [0, 0.05) is 26.1 Å². The Morgan fingerprint density at radius 3 is 2.25 bits per heavy atom. The van der Waals surface area contributed by atoms with Crippen molar-refractivity contribution in [1.82, 2.24) is 9.80 Å². The second-order valence-corrected chi connectivity index (χ2v) is 7.71. The van der Waals surface area contributed by atoms with Gasteiger partial charge in [0.2, 0.25) is 11.8 Å². The lowest BCUT2D eigenvalue weighted by Gasteiger charge is -2.32. The number of benzene rings is 1. The number of phenolic OH excluding ortho intramolecular Hbond substituents is 1. The van der Waals surface area contributed by atoms with Crippen molar-refractivity contribution >= 4 is 42.6 Å². The van der Waals surface area contributed by atoms with Crippen LogP contribution in [0.5, 0.6) is 5.75 Å². The van der Waals surface area contributed by atoms with Crippen LogP contribution in [0.3, 0.4) is 0 Å². The molecule has 1 aliphatic heterocycles. The number of carbonyl (C=O) groups excluding carboxylic acids is 2. The molecule has 0 aliphatic carbocycles. The molecule has 9 nitrogen and oxygen atoms in total. The molecule has 182 valence electrons. The predicted octanol–water partition coefficient (Wildman–Crippen LogP) is 1.35. The van der Waals surface area contributed by atoms with E-state index in [9.17, 15) is 14.7 Å². The first kappa shape index (κ1) is 29.8. The first-order chi connectivity index (χ1) is 14.4. The summed E-state index contributed by atoms with van der Waals surface area (Å²) in [6, 6.07) is 5.84. The molecule has 0 unspecified atom stereocenters. The molecule has 32 heavy (non-hydrogen) atoms. The van der Waals surface area contributed by atoms with Crippen molar-refractivity contribution < 1.29 is 14.7 Å². The number of nitrogens with zero attached hydrogens (tertiary/aromatic N) is 3. The summed E-state index contributed by atoms with van der Waals surface area (Å²) in [6.07, 6.45) is 4.77. The molecule has 1 atom stereocenters. The Balaban J connectivity index is 0.00000480. The van der Waals surface area contributed by atoms with Crippen LogP contribution < -0.4 is 17.2 Å². The largest absolute Gasteiger partial charge is 0.508 e. The Hall–Kier alpha value is -2.23. The van der Waals surface area contributed by atoms with E-state index < -0.39 is 11.9 Å². The van der Waals surface area contributed by atoms with Crippen molar-refractivity contribution in [2.24, 2.45) is 22.2 Å². The van der Waals surface area contributed by atoms with Gasteiger partial charge in [-0.25, -0.2) is 0 Å². The number of hydrogen-bond acceptors (Lipinski definition) is 5. The number of amides is 2. The standard InChI is InChI=1S/C21H34N6O3.2ClH/c22-20(30)18(5-4-11-25-21(23)24)27(15-16-6-8-17(28)9-7-16)19(29)10-14-26-12-2-1-3-13-26;;/h6-9,18,28H,1-5,10-15H2,(H2,22,30)(H4,23,24,25);2*1H/t18-;;/m1../s1. The molecule has 1 aromatic rings. The number of likely N-dealkylation sites (tertiary alicyclic amines) is 1. The topological polar surface area (TPSA) is 151 Å². The van der Waals surface area contributed by atoms with E-state index in [1.165, 1.54) is 6.42 Å². The predicted molar refractivity (Wildman–Crippen MR) is 131 cm³/mol. The number of nitrogens with two attached hydrogens (primary N) is 3. The minimum atomic E-state index is -0.748. The van der Waals surface area contributed by atoms with E-state index in [-0.39, 0.29) is 49.0 Å². The van der Waals surface area contributed by atoms with Gasteiger partial charge in [-0.15, -0.1) is 24.8 Å². The molecule has 0 aromatic heterocycles. The Morgan fingerprint density at radius 1 is 1.06 bits per heavy atom. The second kappa shape index (κ2) is 15.6. The first-order valence-corrected chi connectivity index (χ1v) is 10.5. The van der Waals surface area contributed by atoms with Gasteiger partial charge in [-0.3, -0.25) is 14.6 Å². The van der Waals surface area contributed by atoms with Crippen LogP contribution in [0.15, 0.2) is 29.3 Å². The number of rotatable bonds is 11. The monoisotopic (exact) mass is 490 g/mol. The number of aliphatic imine (C=N–C) groups is 1. The lowest BCUT2D eigenvalue weighted by molar-refractivity contribution is -0.140. The normalized spacial score (nSPS) is 14.4. The maximum Gasteiger partial charge on any atom is 0.240 e. The molecule has 0 saturated carbocycles. The molecule has 1 aliphatic rings. The van der Waals surface area contributed by atoms with E-state index in [1.807, 2.05) is 0 Å². The summed E-state index contributed by atoms with van der Waals surface area (Å²) in [4.78, 5) is 33.1. The Bertz CT molecular complexity index is 723. The van der Waals surface area contributed by atoms with Gasteiger partial charge in [-0.05, 0) is 56.5 Å². The molecular weight excluding hydrogens is 455 g/mol. The number of primary amides is 1. The van der Waals surface area contributed by atoms with Gasteiger partial charge in [0.1, 0.15) is 11.8 Å². The van der Waals surface area contributed by atoms with Crippen LogP contribution in [0.2, 0.25) is 0 Å². The van der Waals surface area contributed by atoms with Gasteiger partial charge in [-0.2, -0.15) is 0 Å². The summed E-state index contributed by atoms with van der Waals surface area (Å²) < 4.78 is 0. The highest BCUT2D eigenvalue weighted by Crippen LogP contribution is 2.18. The third-order valence-corrected chi connectivity index (χ3v) is 5.33. The van der Waals surface area contributed by atoms with Gasteiger partial charge < -0.3 is 32.1 Å². The smallest absolute Gasteiger partial charge is 0.240 e. The number of carbonyl (C=O) groups is 2. The number of halogens is 2. The van der Waals surface area contributed by atoms with Crippen molar-refractivity contribution in [3.05, 3.63) is 29.8 Å². The molecule has 1 heterocycles. The Kier molecular flexibility index (Phi) is 14.5. The molecule has 0 spiro atoms. The summed E-state index contributed by atoms with van der Waals surface area (Å²) in [5.41, 5.74) is 17.2. The fourth-order valence-electron chi connectivity index (χ4n) is 3.70. The molecule has 1 fully saturated rings. The molecule has 0 bridgehead atoms. The van der Waals surface area contributed by atoms with Crippen molar-refractivity contribution in [2.45, 2.75) is 51.1 Å². The maximum absolute atomic E-state index is 13.1. The molecule has 1 saturated heterocycles. The van der Waals surface area contributed by atoms with Crippen LogP contribution in [-0.4, -0.2) is 64.9 Å². The van der Waals surface area contributed by atoms with Crippen LogP contribution in [0.4, 0.5) is 0 Å². The van der Waals surface area contributed by atoms with Crippen LogP contribution in [-0.2, 0) is 16.1 Å². The highest BCUT2D eigenvalue weighted by Gasteiger charge is 2.28. The summed E-state index contributed by atoms with van der Waals surface area (Å²) in [5.74, 6) is -0.529.